The van der Waals surface area contributed by atoms with Gasteiger partial charge in [0, 0.05) is 0 Å². The van der Waals surface area contributed by atoms with Crippen LogP contribution in [-0.4, -0.2) is 27.8 Å². The highest BCUT2D eigenvalue weighted by atomic mass is 16.5. The summed E-state index contributed by atoms with van der Waals surface area (Å²) in [6, 6.07) is 15.3. The highest BCUT2D eigenvalue weighted by molar-refractivity contribution is 5.79. The van der Waals surface area contributed by atoms with E-state index in [1.54, 1.807) is 18.1 Å². The maximum Gasteiger partial charge on any atom is 0.224 e. The van der Waals surface area contributed by atoms with Crippen LogP contribution in [0.15, 0.2) is 61.2 Å². The van der Waals surface area contributed by atoms with E-state index >= 15 is 0 Å². The summed E-state index contributed by atoms with van der Waals surface area (Å²) in [5, 5.41) is 7.12. The van der Waals surface area contributed by atoms with Gasteiger partial charge in [0.25, 0.3) is 0 Å². The lowest BCUT2D eigenvalue weighted by Crippen LogP contribution is -2.28. The lowest BCUT2D eigenvalue weighted by molar-refractivity contribution is -0.121. The molecule has 0 radical (unpaired) electrons. The molecular formula is C19H20N4O2. The van der Waals surface area contributed by atoms with Gasteiger partial charge in [0.1, 0.15) is 18.4 Å². The van der Waals surface area contributed by atoms with Crippen molar-refractivity contribution in [1.82, 2.24) is 20.1 Å². The van der Waals surface area contributed by atoms with E-state index in [0.29, 0.717) is 6.42 Å². The van der Waals surface area contributed by atoms with Crippen LogP contribution in [0.5, 0.6) is 5.75 Å². The molecule has 128 valence electrons. The third-order valence-electron chi connectivity index (χ3n) is 3.95. The molecule has 1 heterocycles. The zero-order valence-electron chi connectivity index (χ0n) is 14.2. The molecule has 0 bridgehead atoms. The van der Waals surface area contributed by atoms with Gasteiger partial charge in [-0.3, -0.25) is 4.79 Å². The smallest absolute Gasteiger partial charge is 0.224 e. The van der Waals surface area contributed by atoms with E-state index in [1.807, 2.05) is 55.5 Å². The van der Waals surface area contributed by atoms with E-state index < -0.39 is 0 Å². The summed E-state index contributed by atoms with van der Waals surface area (Å²) in [5.41, 5.74) is 2.88. The van der Waals surface area contributed by atoms with Gasteiger partial charge in [-0.2, -0.15) is 5.10 Å². The van der Waals surface area contributed by atoms with Crippen LogP contribution in [0, 0.1) is 0 Å². The number of benzene rings is 2. The second-order valence-electron chi connectivity index (χ2n) is 5.75. The minimum Gasteiger partial charge on any atom is -0.497 e. The highest BCUT2D eigenvalue weighted by Gasteiger charge is 2.11. The summed E-state index contributed by atoms with van der Waals surface area (Å²) >= 11 is 0. The van der Waals surface area contributed by atoms with Crippen molar-refractivity contribution in [1.29, 1.82) is 0 Å². The number of nitrogens with zero attached hydrogens (tertiary/aromatic N) is 3. The number of carbonyl (C=O) groups excluding carboxylic acids is 1. The molecule has 0 spiro atoms. The first kappa shape index (κ1) is 16.7. The van der Waals surface area contributed by atoms with Gasteiger partial charge >= 0.3 is 0 Å². The second kappa shape index (κ2) is 7.61. The number of hydrogen-bond donors (Lipinski definition) is 1. The van der Waals surface area contributed by atoms with Gasteiger partial charge in [0.05, 0.1) is 25.3 Å². The first-order valence-electron chi connectivity index (χ1n) is 8.03. The van der Waals surface area contributed by atoms with Crippen molar-refractivity contribution in [3.63, 3.8) is 0 Å². The first-order chi connectivity index (χ1) is 12.2. The predicted molar refractivity (Wildman–Crippen MR) is 94.6 cm³/mol. The fraction of sp³-hybridized carbons (Fsp3) is 0.211. The van der Waals surface area contributed by atoms with Crippen LogP contribution in [-0.2, 0) is 11.2 Å². The fourth-order valence-corrected chi connectivity index (χ4v) is 2.60. The summed E-state index contributed by atoms with van der Waals surface area (Å²) in [7, 11) is 1.62. The summed E-state index contributed by atoms with van der Waals surface area (Å²) in [6.07, 6.45) is 3.46. The van der Waals surface area contributed by atoms with E-state index in [4.69, 9.17) is 4.74 Å². The number of methoxy groups -OCH3 is 1. The molecule has 1 N–H and O–H groups in total. The molecular weight excluding hydrogens is 316 g/mol. The maximum atomic E-state index is 12.3. The van der Waals surface area contributed by atoms with Gasteiger partial charge < -0.3 is 10.1 Å². The number of aromatic nitrogens is 3. The Kier molecular flexibility index (Phi) is 5.09. The van der Waals surface area contributed by atoms with Gasteiger partial charge in [0.15, 0.2) is 0 Å². The summed E-state index contributed by atoms with van der Waals surface area (Å²) in [6.45, 7) is 1.97. The Labute approximate surface area is 146 Å². The Morgan fingerprint density at radius 3 is 2.72 bits per heavy atom. The summed E-state index contributed by atoms with van der Waals surface area (Å²) in [5.74, 6) is 0.725. The molecule has 0 aliphatic carbocycles. The third kappa shape index (κ3) is 4.23. The number of carbonyl (C=O) groups is 1. The molecule has 25 heavy (non-hydrogen) atoms. The van der Waals surface area contributed by atoms with Gasteiger partial charge in [0.2, 0.25) is 5.91 Å². The number of ether oxygens (including phenoxy) is 1. The number of amides is 1. The monoisotopic (exact) mass is 336 g/mol. The minimum atomic E-state index is -0.0806. The molecule has 0 aliphatic heterocycles. The largest absolute Gasteiger partial charge is 0.497 e. The Balaban J connectivity index is 1.61. The standard InChI is InChI=1S/C19H20N4O2/c1-14(16-6-8-17(9-7-16)23-13-20-12-21-23)22-19(24)11-15-4-3-5-18(10-15)25-2/h3-10,12-14H,11H2,1-2H3,(H,22,24)/t14-/m0/s1. The lowest BCUT2D eigenvalue weighted by Gasteiger charge is -2.15. The highest BCUT2D eigenvalue weighted by Crippen LogP contribution is 2.16. The molecule has 3 rings (SSSR count). The number of nitrogens with one attached hydrogen (secondary N) is 1. The molecule has 0 aliphatic rings. The van der Waals surface area contributed by atoms with Crippen LogP contribution in [0.1, 0.15) is 24.1 Å². The van der Waals surface area contributed by atoms with Crippen LogP contribution in [0.2, 0.25) is 0 Å². The van der Waals surface area contributed by atoms with E-state index in [2.05, 4.69) is 15.4 Å². The molecule has 0 saturated heterocycles. The number of rotatable bonds is 6. The Hall–Kier alpha value is -3.15. The molecule has 1 atom stereocenters. The van der Waals surface area contributed by atoms with Gasteiger partial charge in [-0.25, -0.2) is 9.67 Å². The summed E-state index contributed by atoms with van der Waals surface area (Å²) in [4.78, 5) is 16.2. The Morgan fingerprint density at radius 2 is 2.04 bits per heavy atom. The molecule has 2 aromatic carbocycles. The van der Waals surface area contributed by atoms with Crippen molar-refractivity contribution in [2.45, 2.75) is 19.4 Å². The average Bonchev–Trinajstić information content (AvgIpc) is 3.16. The minimum absolute atomic E-state index is 0.0268. The predicted octanol–water partition coefficient (Wildman–Crippen LogP) is 2.70. The van der Waals surface area contributed by atoms with Crippen molar-refractivity contribution in [3.8, 4) is 11.4 Å². The first-order valence-corrected chi connectivity index (χ1v) is 8.03. The van der Waals surface area contributed by atoms with Gasteiger partial charge in [-0.05, 0) is 42.3 Å². The normalized spacial score (nSPS) is 11.8. The molecule has 6 heteroatoms. The second-order valence-corrected chi connectivity index (χ2v) is 5.75. The fourth-order valence-electron chi connectivity index (χ4n) is 2.60. The molecule has 0 fully saturated rings. The van der Waals surface area contributed by atoms with Crippen LogP contribution in [0.3, 0.4) is 0 Å². The van der Waals surface area contributed by atoms with Crippen molar-refractivity contribution >= 4 is 5.91 Å². The van der Waals surface area contributed by atoms with Crippen molar-refractivity contribution in [2.75, 3.05) is 7.11 Å². The zero-order valence-corrected chi connectivity index (χ0v) is 14.2. The van der Waals surface area contributed by atoms with E-state index in [-0.39, 0.29) is 11.9 Å². The lowest BCUT2D eigenvalue weighted by atomic mass is 10.1. The molecule has 0 unspecified atom stereocenters. The summed E-state index contributed by atoms with van der Waals surface area (Å²) < 4.78 is 6.88. The van der Waals surface area contributed by atoms with Crippen molar-refractivity contribution in [2.24, 2.45) is 0 Å². The molecule has 1 amide bonds. The third-order valence-corrected chi connectivity index (χ3v) is 3.95. The maximum absolute atomic E-state index is 12.3. The topological polar surface area (TPSA) is 69.0 Å². The molecule has 1 aromatic heterocycles. The van der Waals surface area contributed by atoms with E-state index in [1.165, 1.54) is 6.33 Å². The Bertz CT molecular complexity index is 829. The Morgan fingerprint density at radius 1 is 1.24 bits per heavy atom. The van der Waals surface area contributed by atoms with Crippen molar-refractivity contribution < 1.29 is 9.53 Å². The van der Waals surface area contributed by atoms with Gasteiger partial charge in [-0.15, -0.1) is 0 Å². The van der Waals surface area contributed by atoms with Gasteiger partial charge in [-0.1, -0.05) is 24.3 Å². The van der Waals surface area contributed by atoms with E-state index in [0.717, 1.165) is 22.6 Å². The SMILES string of the molecule is COc1cccc(CC(=O)N[C@@H](C)c2ccc(-n3cncn3)cc2)c1. The molecule has 6 nitrogen and oxygen atoms in total. The van der Waals surface area contributed by atoms with Crippen LogP contribution >= 0.6 is 0 Å². The van der Waals surface area contributed by atoms with Crippen LogP contribution < -0.4 is 10.1 Å². The zero-order chi connectivity index (χ0) is 17.6. The quantitative estimate of drug-likeness (QED) is 0.751. The van der Waals surface area contributed by atoms with Crippen molar-refractivity contribution in [3.05, 3.63) is 72.3 Å². The molecule has 0 saturated carbocycles. The molecule has 3 aromatic rings. The number of hydrogen-bond acceptors (Lipinski definition) is 4. The van der Waals surface area contributed by atoms with Crippen LogP contribution in [0.25, 0.3) is 5.69 Å². The average molecular weight is 336 g/mol. The van der Waals surface area contributed by atoms with Crippen LogP contribution in [0.4, 0.5) is 0 Å². The van der Waals surface area contributed by atoms with E-state index in [9.17, 15) is 4.79 Å².